The van der Waals surface area contributed by atoms with Gasteiger partial charge >= 0.3 is 12.1 Å². The summed E-state index contributed by atoms with van der Waals surface area (Å²) in [5.41, 5.74) is 9.69. The number of fused-ring (bicyclic) bond motifs is 1. The molecule has 1 aromatic rings. The first-order chi connectivity index (χ1) is 14.6. The zero-order valence-corrected chi connectivity index (χ0v) is 16.6. The lowest BCUT2D eigenvalue weighted by atomic mass is 9.98. The monoisotopic (exact) mass is 449 g/mol. The van der Waals surface area contributed by atoms with Crippen LogP contribution in [0.2, 0.25) is 0 Å². The molecule has 4 rings (SSSR count). The second-order valence-corrected chi connectivity index (χ2v) is 8.01. The van der Waals surface area contributed by atoms with Gasteiger partial charge in [0, 0.05) is 25.0 Å². The largest absolute Gasteiger partial charge is 0.522 e. The summed E-state index contributed by atoms with van der Waals surface area (Å²) in [5.74, 6) is -0.741. The lowest BCUT2D eigenvalue weighted by Gasteiger charge is -2.34. The van der Waals surface area contributed by atoms with E-state index in [0.29, 0.717) is 12.8 Å². The molecular formula is C18H23F4N5O4. The van der Waals surface area contributed by atoms with E-state index in [-0.39, 0.29) is 42.0 Å². The normalized spacial score (nSPS) is 29.4. The van der Waals surface area contributed by atoms with Crippen LogP contribution < -0.4 is 33.3 Å². The number of methoxy groups -OCH3 is 1. The molecule has 1 saturated carbocycles. The Balaban J connectivity index is 1.87. The number of aromatic nitrogens is 2. The van der Waals surface area contributed by atoms with Gasteiger partial charge < -0.3 is 16.2 Å². The molecule has 5 N–H and O–H groups in total. The fraction of sp³-hybridized carbons (Fsp3) is 0.667. The molecule has 0 bridgehead atoms. The van der Waals surface area contributed by atoms with Crippen LogP contribution in [0.5, 0.6) is 0 Å². The molecule has 2 fully saturated rings. The summed E-state index contributed by atoms with van der Waals surface area (Å²) in [5, 5.41) is -0.121. The van der Waals surface area contributed by atoms with Crippen LogP contribution >= 0.6 is 0 Å². The number of nitrogens with zero attached hydrogens (tertiary/aromatic N) is 2. The highest BCUT2D eigenvalue weighted by Gasteiger charge is 2.48. The van der Waals surface area contributed by atoms with E-state index in [0.717, 1.165) is 0 Å². The van der Waals surface area contributed by atoms with Gasteiger partial charge in [-0.05, 0) is 19.4 Å². The summed E-state index contributed by atoms with van der Waals surface area (Å²) in [7, 11) is 1.25. The molecule has 4 atom stereocenters. The van der Waals surface area contributed by atoms with Crippen LogP contribution in [-0.2, 0) is 9.47 Å². The molecule has 31 heavy (non-hydrogen) atoms. The Morgan fingerprint density at radius 1 is 1.23 bits per heavy atom. The second kappa shape index (κ2) is 7.64. The van der Waals surface area contributed by atoms with Gasteiger partial charge in [0.25, 0.3) is 5.56 Å². The van der Waals surface area contributed by atoms with Gasteiger partial charge in [-0.1, -0.05) is 0 Å². The second-order valence-electron chi connectivity index (χ2n) is 8.01. The molecule has 9 nitrogen and oxygen atoms in total. The Hall–Kier alpha value is -2.38. The summed E-state index contributed by atoms with van der Waals surface area (Å²) in [6.45, 7) is -0.390. The number of hydrogen-bond acceptors (Lipinski definition) is 7. The molecule has 1 saturated heterocycles. The first-order valence-corrected chi connectivity index (χ1v) is 9.82. The third-order valence-corrected chi connectivity index (χ3v) is 6.03. The molecule has 172 valence electrons. The molecule has 1 aliphatic heterocycles. The van der Waals surface area contributed by atoms with E-state index in [1.54, 1.807) is 0 Å². The summed E-state index contributed by atoms with van der Waals surface area (Å²) < 4.78 is 64.9. The third-order valence-electron chi connectivity index (χ3n) is 6.03. The quantitative estimate of drug-likeness (QED) is 0.453. The molecule has 3 aliphatic rings. The molecule has 4 unspecified atom stereocenters. The van der Waals surface area contributed by atoms with Gasteiger partial charge in [-0.15, -0.1) is 13.2 Å². The highest BCUT2D eigenvalue weighted by Crippen LogP contribution is 2.34. The van der Waals surface area contributed by atoms with Gasteiger partial charge in [0.05, 0.1) is 29.5 Å². The minimum Gasteiger partial charge on any atom is -0.497 e. The smallest absolute Gasteiger partial charge is 0.497 e. The van der Waals surface area contributed by atoms with E-state index in [9.17, 15) is 22.8 Å². The summed E-state index contributed by atoms with van der Waals surface area (Å²) in [4.78, 5) is 28.5. The van der Waals surface area contributed by atoms with Crippen molar-refractivity contribution >= 4 is 11.5 Å². The van der Waals surface area contributed by atoms with Gasteiger partial charge in [-0.2, -0.15) is 0 Å². The molecule has 0 amide bonds. The van der Waals surface area contributed by atoms with Gasteiger partial charge in [0.15, 0.2) is 6.17 Å². The molecule has 2 aliphatic carbocycles. The highest BCUT2D eigenvalue weighted by molar-refractivity contribution is 5.60. The number of H-pyrrole nitrogens is 1. The van der Waals surface area contributed by atoms with Crippen LogP contribution in [-0.4, -0.2) is 65.9 Å². The third kappa shape index (κ3) is 3.74. The van der Waals surface area contributed by atoms with Crippen molar-refractivity contribution in [2.75, 3.05) is 26.7 Å². The number of aromatic amines is 1. The molecule has 13 heteroatoms. The van der Waals surface area contributed by atoms with E-state index < -0.39 is 47.5 Å². The van der Waals surface area contributed by atoms with Crippen molar-refractivity contribution in [1.29, 1.82) is 0 Å². The Kier molecular flexibility index (Phi) is 5.38. The first kappa shape index (κ1) is 21.8. The molecule has 1 aromatic heterocycles. The SMILES string of the molecule is COC1=c2c(c(=O)[nH]c(=O)n2C2CC2)=C(N)C(F)C1N1CC(CN)C(OC(F)(F)F)C1. The lowest BCUT2D eigenvalue weighted by molar-refractivity contribution is -0.344. The maximum absolute atomic E-state index is 15.5. The molecule has 0 spiro atoms. The lowest BCUT2D eigenvalue weighted by Crippen LogP contribution is -2.63. The van der Waals surface area contributed by atoms with Crippen molar-refractivity contribution in [3.05, 3.63) is 31.4 Å². The van der Waals surface area contributed by atoms with Gasteiger partial charge in [-0.25, -0.2) is 9.18 Å². The molecule has 2 heterocycles. The van der Waals surface area contributed by atoms with Crippen LogP contribution in [0.3, 0.4) is 0 Å². The number of hydrogen-bond donors (Lipinski definition) is 3. The Morgan fingerprint density at radius 2 is 1.90 bits per heavy atom. The minimum atomic E-state index is -4.87. The van der Waals surface area contributed by atoms with E-state index in [2.05, 4.69) is 9.72 Å². The number of likely N-dealkylation sites (tertiary alicyclic amines) is 1. The first-order valence-electron chi connectivity index (χ1n) is 9.82. The van der Waals surface area contributed by atoms with Crippen LogP contribution in [0.15, 0.2) is 9.59 Å². The van der Waals surface area contributed by atoms with Crippen molar-refractivity contribution in [2.45, 2.75) is 43.6 Å². The zero-order chi connectivity index (χ0) is 22.7. The Morgan fingerprint density at radius 3 is 2.45 bits per heavy atom. The Labute approximate surface area is 172 Å². The summed E-state index contributed by atoms with van der Waals surface area (Å²) >= 11 is 0. The minimum absolute atomic E-state index is 0.00530. The number of nitrogens with two attached hydrogens (primary N) is 2. The van der Waals surface area contributed by atoms with Gasteiger partial charge in [-0.3, -0.25) is 24.0 Å². The number of rotatable bonds is 5. The number of alkyl halides is 4. The fourth-order valence-corrected chi connectivity index (χ4v) is 4.52. The van der Waals surface area contributed by atoms with Crippen LogP contribution in [0.25, 0.3) is 11.5 Å². The number of nitrogens with one attached hydrogen (secondary N) is 1. The van der Waals surface area contributed by atoms with Crippen LogP contribution in [0.1, 0.15) is 18.9 Å². The maximum Gasteiger partial charge on any atom is 0.522 e. The van der Waals surface area contributed by atoms with Crippen molar-refractivity contribution in [3.8, 4) is 0 Å². The van der Waals surface area contributed by atoms with Crippen molar-refractivity contribution < 1.29 is 27.0 Å². The van der Waals surface area contributed by atoms with E-state index in [1.807, 2.05) is 0 Å². The van der Waals surface area contributed by atoms with Crippen LogP contribution in [0.4, 0.5) is 17.6 Å². The van der Waals surface area contributed by atoms with Crippen molar-refractivity contribution in [1.82, 2.24) is 14.5 Å². The number of halogens is 4. The predicted octanol–water partition coefficient (Wildman–Crippen LogP) is -1.79. The summed E-state index contributed by atoms with van der Waals surface area (Å²) in [6, 6.07) is -1.44. The summed E-state index contributed by atoms with van der Waals surface area (Å²) in [6.07, 6.45) is -6.76. The van der Waals surface area contributed by atoms with Crippen molar-refractivity contribution in [2.24, 2.45) is 17.4 Å². The molecule has 0 aromatic carbocycles. The van der Waals surface area contributed by atoms with Crippen LogP contribution in [0, 0.1) is 5.92 Å². The average molecular weight is 449 g/mol. The van der Waals surface area contributed by atoms with E-state index in [4.69, 9.17) is 16.2 Å². The Bertz CT molecular complexity index is 1110. The van der Waals surface area contributed by atoms with E-state index in [1.165, 1.54) is 16.6 Å². The number of ether oxygens (including phenoxy) is 2. The standard InChI is InChI=1S/C18H23F4N5O4/c1-30-15-13-10(16(28)25-17(29)27(13)8-2-3-8)12(24)11(19)14(15)26-5-7(4-23)9(6-26)31-18(20,21)22/h7-9,11,14H,2-6,23-24H2,1H3,(H,25,28,29). The maximum atomic E-state index is 15.5. The van der Waals surface area contributed by atoms with Gasteiger partial charge in [0.1, 0.15) is 11.8 Å². The average Bonchev–Trinajstić information content (AvgIpc) is 3.43. The highest BCUT2D eigenvalue weighted by atomic mass is 19.4. The fourth-order valence-electron chi connectivity index (χ4n) is 4.52. The topological polar surface area (TPSA) is 129 Å². The van der Waals surface area contributed by atoms with E-state index >= 15 is 4.39 Å². The molecule has 0 radical (unpaired) electrons. The van der Waals surface area contributed by atoms with Gasteiger partial charge in [0.2, 0.25) is 0 Å². The van der Waals surface area contributed by atoms with Crippen molar-refractivity contribution in [3.63, 3.8) is 0 Å². The zero-order valence-electron chi connectivity index (χ0n) is 16.6. The molecular weight excluding hydrogens is 426 g/mol. The predicted molar refractivity (Wildman–Crippen MR) is 101 cm³/mol.